The molecule has 0 spiro atoms. The molecule has 0 atom stereocenters. The Labute approximate surface area is 204 Å². The number of pyridine rings is 1. The first kappa shape index (κ1) is 23.4. The molecule has 0 unspecified atom stereocenters. The number of aliphatic carboxylic acids is 1. The normalized spacial score (nSPS) is 11.4. The lowest BCUT2D eigenvalue weighted by molar-refractivity contribution is -0.130. The molecule has 0 bridgehead atoms. The molecule has 0 aliphatic heterocycles. The third-order valence-electron chi connectivity index (χ3n) is 5.02. The molecule has 2 aromatic heterocycles. The monoisotopic (exact) mass is 497 g/mol. The van der Waals surface area contributed by atoms with E-state index in [1.54, 1.807) is 55.7 Å². The second kappa shape index (κ2) is 10.0. The SMILES string of the molecule is COc1ccc(Oc2c(/C=C(/C(=O)O)c3ccncc3)sc3c(OC)cc(Cl)c(OC)c23)cc1. The number of hydrogen-bond donors (Lipinski definition) is 1. The van der Waals surface area contributed by atoms with Gasteiger partial charge in [0.05, 0.1) is 46.9 Å². The van der Waals surface area contributed by atoms with Gasteiger partial charge in [-0.15, -0.1) is 11.3 Å². The van der Waals surface area contributed by atoms with Crippen molar-refractivity contribution in [2.24, 2.45) is 0 Å². The van der Waals surface area contributed by atoms with E-state index >= 15 is 0 Å². The van der Waals surface area contributed by atoms with Crippen LogP contribution in [0.3, 0.4) is 0 Å². The maximum Gasteiger partial charge on any atom is 0.336 e. The summed E-state index contributed by atoms with van der Waals surface area (Å²) in [7, 11) is 4.63. The number of ether oxygens (including phenoxy) is 4. The van der Waals surface area contributed by atoms with E-state index in [0.717, 1.165) is 0 Å². The zero-order valence-corrected chi connectivity index (χ0v) is 20.1. The van der Waals surface area contributed by atoms with Gasteiger partial charge in [0.1, 0.15) is 23.0 Å². The third-order valence-corrected chi connectivity index (χ3v) is 6.43. The number of hydrogen-bond acceptors (Lipinski definition) is 7. The molecule has 0 saturated heterocycles. The Balaban J connectivity index is 1.99. The molecule has 0 aliphatic rings. The van der Waals surface area contributed by atoms with Gasteiger partial charge in [-0.25, -0.2) is 4.79 Å². The van der Waals surface area contributed by atoms with Crippen molar-refractivity contribution in [1.82, 2.24) is 4.98 Å². The van der Waals surface area contributed by atoms with Crippen LogP contribution in [0, 0.1) is 0 Å². The number of aromatic nitrogens is 1. The minimum absolute atomic E-state index is 0.0811. The minimum Gasteiger partial charge on any atom is -0.497 e. The molecule has 0 aliphatic carbocycles. The quantitative estimate of drug-likeness (QED) is 0.282. The zero-order valence-electron chi connectivity index (χ0n) is 18.5. The predicted octanol–water partition coefficient (Wildman–Crippen LogP) is 6.39. The van der Waals surface area contributed by atoms with Crippen LogP contribution < -0.4 is 18.9 Å². The topological polar surface area (TPSA) is 87.1 Å². The number of benzene rings is 2. The standard InChI is InChI=1S/C25H20ClNO6S/c1-30-15-4-6-16(7-5-15)33-23-20(12-17(25(28)29)14-8-10-27-11-9-14)34-24-19(31-2)13-18(26)22(32-3)21(23)24/h4-13H,1-3H3,(H,28,29)/b17-12+. The summed E-state index contributed by atoms with van der Waals surface area (Å²) in [6.45, 7) is 0. The van der Waals surface area contributed by atoms with Crippen LogP contribution in [0.25, 0.3) is 21.7 Å². The van der Waals surface area contributed by atoms with Crippen molar-refractivity contribution in [1.29, 1.82) is 0 Å². The number of methoxy groups -OCH3 is 3. The molecule has 2 aromatic carbocycles. The van der Waals surface area contributed by atoms with Gasteiger partial charge in [0, 0.05) is 18.5 Å². The first-order valence-electron chi connectivity index (χ1n) is 10.0. The van der Waals surface area contributed by atoms with Gasteiger partial charge in [-0.1, -0.05) is 11.6 Å². The number of fused-ring (bicyclic) bond motifs is 1. The van der Waals surface area contributed by atoms with Crippen LogP contribution in [0.2, 0.25) is 5.02 Å². The Hall–Kier alpha value is -3.75. The van der Waals surface area contributed by atoms with Crippen LogP contribution in [0.4, 0.5) is 0 Å². The van der Waals surface area contributed by atoms with E-state index in [9.17, 15) is 9.90 Å². The number of halogens is 1. The molecule has 1 N–H and O–H groups in total. The Morgan fingerprint density at radius 1 is 0.971 bits per heavy atom. The molecule has 0 amide bonds. The molecule has 9 heteroatoms. The molecule has 0 radical (unpaired) electrons. The lowest BCUT2D eigenvalue weighted by Crippen LogP contribution is -1.99. The van der Waals surface area contributed by atoms with Gasteiger partial charge >= 0.3 is 5.97 Å². The highest BCUT2D eigenvalue weighted by molar-refractivity contribution is 7.21. The van der Waals surface area contributed by atoms with Crippen molar-refractivity contribution in [3.63, 3.8) is 0 Å². The average Bonchev–Trinajstić information content (AvgIpc) is 3.20. The summed E-state index contributed by atoms with van der Waals surface area (Å²) in [5.74, 6) is 1.43. The number of nitrogens with zero attached hydrogens (tertiary/aromatic N) is 1. The third kappa shape index (κ3) is 4.50. The predicted molar refractivity (Wildman–Crippen MR) is 133 cm³/mol. The highest BCUT2D eigenvalue weighted by Gasteiger charge is 2.24. The van der Waals surface area contributed by atoms with E-state index in [0.29, 0.717) is 54.3 Å². The van der Waals surface area contributed by atoms with Crippen molar-refractivity contribution >= 4 is 50.6 Å². The van der Waals surface area contributed by atoms with E-state index in [1.807, 2.05) is 0 Å². The van der Waals surface area contributed by atoms with Crippen LogP contribution >= 0.6 is 22.9 Å². The lowest BCUT2D eigenvalue weighted by Gasteiger charge is -2.12. The van der Waals surface area contributed by atoms with Crippen LogP contribution in [-0.2, 0) is 4.79 Å². The smallest absolute Gasteiger partial charge is 0.336 e. The van der Waals surface area contributed by atoms with E-state index in [-0.39, 0.29) is 5.57 Å². The van der Waals surface area contributed by atoms with Crippen LogP contribution in [0.15, 0.2) is 54.9 Å². The second-order valence-electron chi connectivity index (χ2n) is 6.97. The summed E-state index contributed by atoms with van der Waals surface area (Å²) in [6, 6.07) is 12.0. The van der Waals surface area contributed by atoms with Crippen LogP contribution in [0.1, 0.15) is 10.4 Å². The largest absolute Gasteiger partial charge is 0.497 e. The van der Waals surface area contributed by atoms with Gasteiger partial charge in [0.25, 0.3) is 0 Å². The fourth-order valence-corrected chi connectivity index (χ4v) is 4.85. The first-order valence-corrected chi connectivity index (χ1v) is 11.2. The molecule has 174 valence electrons. The number of carbonyl (C=O) groups is 1. The van der Waals surface area contributed by atoms with E-state index in [4.69, 9.17) is 30.5 Å². The average molecular weight is 498 g/mol. The van der Waals surface area contributed by atoms with Crippen LogP contribution in [-0.4, -0.2) is 37.4 Å². The molecule has 0 fully saturated rings. The maximum absolute atomic E-state index is 12.2. The summed E-state index contributed by atoms with van der Waals surface area (Å²) >= 11 is 7.79. The van der Waals surface area contributed by atoms with E-state index in [2.05, 4.69) is 4.98 Å². The van der Waals surface area contributed by atoms with Crippen molar-refractivity contribution < 1.29 is 28.8 Å². The zero-order chi connectivity index (χ0) is 24.2. The lowest BCUT2D eigenvalue weighted by atomic mass is 10.1. The molecule has 4 rings (SSSR count). The Morgan fingerprint density at radius 3 is 2.24 bits per heavy atom. The number of carboxylic acid groups (broad SMARTS) is 1. The summed E-state index contributed by atoms with van der Waals surface area (Å²) in [5, 5.41) is 10.9. The van der Waals surface area contributed by atoms with Gasteiger partial charge in [0.2, 0.25) is 0 Å². The molecular formula is C25H20ClNO6S. The molecule has 2 heterocycles. The van der Waals surface area contributed by atoms with Crippen molar-refractivity contribution in [2.75, 3.05) is 21.3 Å². The highest BCUT2D eigenvalue weighted by atomic mass is 35.5. The van der Waals surface area contributed by atoms with E-state index < -0.39 is 5.97 Å². The van der Waals surface area contributed by atoms with Gasteiger partial charge in [-0.3, -0.25) is 4.98 Å². The van der Waals surface area contributed by atoms with Crippen molar-refractivity contribution in [3.05, 3.63) is 70.3 Å². The molecule has 34 heavy (non-hydrogen) atoms. The number of rotatable bonds is 8. The highest BCUT2D eigenvalue weighted by Crippen LogP contribution is 2.52. The number of thiophene rings is 1. The second-order valence-corrected chi connectivity index (χ2v) is 8.43. The summed E-state index contributed by atoms with van der Waals surface area (Å²) < 4.78 is 23.4. The summed E-state index contributed by atoms with van der Waals surface area (Å²) in [6.07, 6.45) is 4.64. The van der Waals surface area contributed by atoms with Crippen molar-refractivity contribution in [2.45, 2.75) is 0 Å². The van der Waals surface area contributed by atoms with Crippen LogP contribution in [0.5, 0.6) is 28.7 Å². The van der Waals surface area contributed by atoms with Gasteiger partial charge in [-0.2, -0.15) is 0 Å². The Kier molecular flexibility index (Phi) is 6.90. The fourth-order valence-electron chi connectivity index (χ4n) is 3.42. The van der Waals surface area contributed by atoms with E-state index in [1.165, 1.54) is 38.0 Å². The molecular weight excluding hydrogens is 478 g/mol. The molecule has 0 saturated carbocycles. The van der Waals surface area contributed by atoms with Gasteiger partial charge in [0.15, 0.2) is 5.75 Å². The fraction of sp³-hybridized carbons (Fsp3) is 0.120. The Bertz CT molecular complexity index is 1370. The summed E-state index contributed by atoms with van der Waals surface area (Å²) in [4.78, 5) is 16.7. The maximum atomic E-state index is 12.2. The Morgan fingerprint density at radius 2 is 1.65 bits per heavy atom. The van der Waals surface area contributed by atoms with Gasteiger partial charge < -0.3 is 24.1 Å². The molecule has 4 aromatic rings. The first-order chi connectivity index (χ1) is 16.5. The number of carboxylic acids is 1. The molecule has 7 nitrogen and oxygen atoms in total. The van der Waals surface area contributed by atoms with Gasteiger partial charge in [-0.05, 0) is 48.0 Å². The van der Waals surface area contributed by atoms with Crippen molar-refractivity contribution in [3.8, 4) is 28.7 Å². The summed E-state index contributed by atoms with van der Waals surface area (Å²) in [5.41, 5.74) is 0.588. The minimum atomic E-state index is -1.09.